The molecule has 0 aliphatic carbocycles. The Hall–Kier alpha value is -2.97. The van der Waals surface area contributed by atoms with Gasteiger partial charge >= 0.3 is 6.03 Å². The number of aryl methyl sites for hydroxylation is 2. The van der Waals surface area contributed by atoms with Crippen LogP contribution in [0.3, 0.4) is 0 Å². The summed E-state index contributed by atoms with van der Waals surface area (Å²) in [5.41, 5.74) is 4.40. The molecule has 2 N–H and O–H groups in total. The molecule has 2 amide bonds. The molecule has 1 saturated heterocycles. The molecule has 0 bridgehead atoms. The summed E-state index contributed by atoms with van der Waals surface area (Å²) in [7, 11) is 0. The highest BCUT2D eigenvalue weighted by atomic mass is 32.1. The van der Waals surface area contributed by atoms with Gasteiger partial charge in [0.25, 0.3) is 0 Å². The van der Waals surface area contributed by atoms with Gasteiger partial charge in [-0.15, -0.1) is 0 Å². The average molecular weight is 451 g/mol. The van der Waals surface area contributed by atoms with Crippen LogP contribution in [0.4, 0.5) is 15.6 Å². The van der Waals surface area contributed by atoms with Crippen molar-refractivity contribution in [3.05, 3.63) is 71.0 Å². The van der Waals surface area contributed by atoms with Gasteiger partial charge in [-0.2, -0.15) is 4.37 Å². The van der Waals surface area contributed by atoms with Crippen LogP contribution in [0, 0.1) is 13.8 Å². The third-order valence-electron chi connectivity index (χ3n) is 5.69. The maximum Gasteiger partial charge on any atom is 0.319 e. The van der Waals surface area contributed by atoms with E-state index in [0.29, 0.717) is 6.54 Å². The summed E-state index contributed by atoms with van der Waals surface area (Å²) < 4.78 is 4.56. The molecule has 2 heterocycles. The number of nitrogens with one attached hydrogen (secondary N) is 2. The Kier molecular flexibility index (Phi) is 7.34. The van der Waals surface area contributed by atoms with Crippen molar-refractivity contribution in [3.63, 3.8) is 0 Å². The van der Waals surface area contributed by atoms with Crippen molar-refractivity contribution in [1.29, 1.82) is 0 Å². The van der Waals surface area contributed by atoms with Crippen molar-refractivity contribution in [2.45, 2.75) is 20.3 Å². The molecular weight excluding hydrogens is 420 g/mol. The zero-order chi connectivity index (χ0) is 22.3. The van der Waals surface area contributed by atoms with Crippen LogP contribution in [0.5, 0.6) is 0 Å². The molecule has 3 aromatic rings. The van der Waals surface area contributed by atoms with Gasteiger partial charge in [0.1, 0.15) is 5.82 Å². The second kappa shape index (κ2) is 10.6. The number of piperazine rings is 1. The fourth-order valence-corrected chi connectivity index (χ4v) is 4.44. The Morgan fingerprint density at radius 2 is 1.78 bits per heavy atom. The predicted octanol–water partition coefficient (Wildman–Crippen LogP) is 3.69. The lowest BCUT2D eigenvalue weighted by molar-refractivity contribution is 0.240. The SMILES string of the molecule is Cc1ccc(Cc2nsc(N3CCN(CCNC(=O)Nc4ccccc4C)CC3)n2)cc1. The van der Waals surface area contributed by atoms with Gasteiger partial charge in [-0.25, -0.2) is 9.78 Å². The Labute approximate surface area is 193 Å². The second-order valence-corrected chi connectivity index (χ2v) is 8.91. The van der Waals surface area contributed by atoms with E-state index in [0.717, 1.165) is 61.4 Å². The summed E-state index contributed by atoms with van der Waals surface area (Å²) in [4.78, 5) is 21.6. The molecule has 0 spiro atoms. The van der Waals surface area contributed by atoms with E-state index in [1.807, 2.05) is 31.2 Å². The van der Waals surface area contributed by atoms with Crippen molar-refractivity contribution in [2.75, 3.05) is 49.5 Å². The number of amides is 2. The lowest BCUT2D eigenvalue weighted by atomic mass is 10.1. The number of anilines is 2. The number of nitrogens with zero attached hydrogens (tertiary/aromatic N) is 4. The molecule has 32 heavy (non-hydrogen) atoms. The molecule has 168 valence electrons. The van der Waals surface area contributed by atoms with E-state index < -0.39 is 0 Å². The fraction of sp³-hybridized carbons (Fsp3) is 0.375. The van der Waals surface area contributed by atoms with Crippen molar-refractivity contribution in [1.82, 2.24) is 19.6 Å². The smallest absolute Gasteiger partial charge is 0.319 e. The van der Waals surface area contributed by atoms with E-state index in [2.05, 4.69) is 56.0 Å². The lowest BCUT2D eigenvalue weighted by Crippen LogP contribution is -2.48. The van der Waals surface area contributed by atoms with E-state index in [4.69, 9.17) is 4.98 Å². The number of hydrogen-bond donors (Lipinski definition) is 2. The number of aromatic nitrogens is 2. The van der Waals surface area contributed by atoms with Gasteiger partial charge in [0, 0.05) is 62.9 Å². The first-order valence-electron chi connectivity index (χ1n) is 11.0. The Bertz CT molecular complexity index is 1030. The number of urea groups is 1. The number of carbonyl (C=O) groups excluding carboxylic acids is 1. The summed E-state index contributed by atoms with van der Waals surface area (Å²) >= 11 is 1.48. The number of rotatable bonds is 7. The highest BCUT2D eigenvalue weighted by Crippen LogP contribution is 2.20. The molecule has 7 nitrogen and oxygen atoms in total. The van der Waals surface area contributed by atoms with Crippen LogP contribution in [0.2, 0.25) is 0 Å². The summed E-state index contributed by atoms with van der Waals surface area (Å²) in [6.45, 7) is 9.30. The summed E-state index contributed by atoms with van der Waals surface area (Å²) in [5.74, 6) is 0.889. The van der Waals surface area contributed by atoms with Gasteiger partial charge in [-0.1, -0.05) is 48.0 Å². The Morgan fingerprint density at radius 3 is 2.53 bits per heavy atom. The van der Waals surface area contributed by atoms with E-state index in [9.17, 15) is 4.79 Å². The van der Waals surface area contributed by atoms with Crippen molar-refractivity contribution in [2.24, 2.45) is 0 Å². The van der Waals surface area contributed by atoms with Crippen LogP contribution in [-0.4, -0.2) is 59.6 Å². The third kappa shape index (κ3) is 6.05. The normalized spacial score (nSPS) is 14.4. The molecule has 4 rings (SSSR count). The number of benzene rings is 2. The third-order valence-corrected chi connectivity index (χ3v) is 6.50. The van der Waals surface area contributed by atoms with Crippen LogP contribution < -0.4 is 15.5 Å². The van der Waals surface area contributed by atoms with Gasteiger partial charge in [-0.3, -0.25) is 4.90 Å². The zero-order valence-electron chi connectivity index (χ0n) is 18.7. The van der Waals surface area contributed by atoms with E-state index in [1.165, 1.54) is 22.7 Å². The highest BCUT2D eigenvalue weighted by Gasteiger charge is 2.20. The first-order valence-corrected chi connectivity index (χ1v) is 11.8. The fourth-order valence-electron chi connectivity index (χ4n) is 3.70. The minimum atomic E-state index is -0.159. The largest absolute Gasteiger partial charge is 0.344 e. The maximum atomic E-state index is 12.1. The highest BCUT2D eigenvalue weighted by molar-refractivity contribution is 7.09. The molecule has 1 aliphatic rings. The molecule has 0 atom stereocenters. The van der Waals surface area contributed by atoms with Crippen LogP contribution in [0.25, 0.3) is 0 Å². The van der Waals surface area contributed by atoms with Crippen LogP contribution >= 0.6 is 11.5 Å². The molecule has 1 fully saturated rings. The predicted molar refractivity (Wildman–Crippen MR) is 131 cm³/mol. The van der Waals surface area contributed by atoms with Crippen LogP contribution in [0.15, 0.2) is 48.5 Å². The Morgan fingerprint density at radius 1 is 1.03 bits per heavy atom. The molecule has 8 heteroatoms. The molecule has 0 saturated carbocycles. The second-order valence-electron chi connectivity index (χ2n) is 8.18. The van der Waals surface area contributed by atoms with E-state index >= 15 is 0 Å². The summed E-state index contributed by atoms with van der Waals surface area (Å²) in [5, 5.41) is 6.86. The van der Waals surface area contributed by atoms with Gasteiger partial charge in [0.2, 0.25) is 5.13 Å². The quantitative estimate of drug-likeness (QED) is 0.574. The van der Waals surface area contributed by atoms with Crippen molar-refractivity contribution in [3.8, 4) is 0 Å². The monoisotopic (exact) mass is 450 g/mol. The molecule has 1 aromatic heterocycles. The summed E-state index contributed by atoms with van der Waals surface area (Å²) in [6, 6.07) is 16.2. The average Bonchev–Trinajstić information content (AvgIpc) is 3.26. The molecule has 1 aliphatic heterocycles. The van der Waals surface area contributed by atoms with E-state index in [-0.39, 0.29) is 6.03 Å². The zero-order valence-corrected chi connectivity index (χ0v) is 19.5. The van der Waals surface area contributed by atoms with Crippen LogP contribution in [-0.2, 0) is 6.42 Å². The minimum Gasteiger partial charge on any atom is -0.344 e. The van der Waals surface area contributed by atoms with Crippen molar-refractivity contribution >= 4 is 28.4 Å². The molecular formula is C24H30N6OS. The van der Waals surface area contributed by atoms with Crippen molar-refractivity contribution < 1.29 is 4.79 Å². The van der Waals surface area contributed by atoms with Gasteiger partial charge in [0.05, 0.1) is 0 Å². The molecule has 0 radical (unpaired) electrons. The first-order chi connectivity index (χ1) is 15.6. The number of para-hydroxylation sites is 1. The van der Waals surface area contributed by atoms with Gasteiger partial charge < -0.3 is 15.5 Å². The lowest BCUT2D eigenvalue weighted by Gasteiger charge is -2.34. The van der Waals surface area contributed by atoms with Gasteiger partial charge in [-0.05, 0) is 31.0 Å². The maximum absolute atomic E-state index is 12.1. The molecule has 0 unspecified atom stereocenters. The standard InChI is InChI=1S/C24H30N6OS/c1-18-7-9-20(10-8-18)17-22-27-24(32-28-22)30-15-13-29(14-16-30)12-11-25-23(31)26-21-6-4-3-5-19(21)2/h3-10H,11-17H2,1-2H3,(H2,25,26,31). The van der Waals surface area contributed by atoms with Crippen LogP contribution in [0.1, 0.15) is 22.5 Å². The van der Waals surface area contributed by atoms with Gasteiger partial charge in [0.15, 0.2) is 0 Å². The topological polar surface area (TPSA) is 73.4 Å². The Balaban J connectivity index is 1.18. The van der Waals surface area contributed by atoms with E-state index in [1.54, 1.807) is 0 Å². The number of carbonyl (C=O) groups is 1. The minimum absolute atomic E-state index is 0.159. The summed E-state index contributed by atoms with van der Waals surface area (Å²) in [6.07, 6.45) is 0.771. The molecule has 2 aromatic carbocycles. The first kappa shape index (κ1) is 22.2. The number of hydrogen-bond acceptors (Lipinski definition) is 6.